The predicted octanol–water partition coefficient (Wildman–Crippen LogP) is 7.19. The van der Waals surface area contributed by atoms with Gasteiger partial charge in [0.05, 0.1) is 15.5 Å². The van der Waals surface area contributed by atoms with E-state index in [9.17, 15) is 4.79 Å². The van der Waals surface area contributed by atoms with E-state index in [2.05, 4.69) is 42.3 Å². The fourth-order valence-corrected chi connectivity index (χ4v) is 4.13. The Morgan fingerprint density at radius 3 is 2.69 bits per heavy atom. The van der Waals surface area contributed by atoms with Gasteiger partial charge in [0.15, 0.2) is 11.6 Å². The molecule has 0 bridgehead atoms. The monoisotopic (exact) mass is 597 g/mol. The number of hydrogen-bond donors (Lipinski definition) is 1. The van der Waals surface area contributed by atoms with Crippen molar-refractivity contribution < 1.29 is 13.9 Å². The van der Waals surface area contributed by atoms with Crippen molar-refractivity contribution >= 4 is 66.8 Å². The zero-order valence-corrected chi connectivity index (χ0v) is 21.0. The third-order valence-corrected chi connectivity index (χ3v) is 6.21. The quantitative estimate of drug-likeness (QED) is 0.244. The first kappa shape index (κ1) is 22.9. The summed E-state index contributed by atoms with van der Waals surface area (Å²) >= 11 is 19.0. The lowest BCUT2D eigenvalue weighted by atomic mass is 10.2. The Morgan fingerprint density at radius 2 is 1.91 bits per heavy atom. The predicted molar refractivity (Wildman–Crippen MR) is 131 cm³/mol. The van der Waals surface area contributed by atoms with E-state index in [-0.39, 0.29) is 12.4 Å². The molecule has 2 aromatic carbocycles. The lowest BCUT2D eigenvalue weighted by Crippen LogP contribution is -2.12. The minimum absolute atomic E-state index is 0.151. The zero-order valence-electron chi connectivity index (χ0n) is 16.3. The minimum Gasteiger partial charge on any atom is -0.484 e. The summed E-state index contributed by atoms with van der Waals surface area (Å²) in [5.74, 6) is 1.30. The van der Waals surface area contributed by atoms with Gasteiger partial charge in [0.25, 0.3) is 5.91 Å². The van der Waals surface area contributed by atoms with Crippen molar-refractivity contribution in [2.24, 2.45) is 0 Å². The van der Waals surface area contributed by atoms with Crippen LogP contribution in [-0.2, 0) is 13.2 Å². The van der Waals surface area contributed by atoms with Crippen molar-refractivity contribution in [1.29, 1.82) is 0 Å². The molecule has 0 aliphatic carbocycles. The van der Waals surface area contributed by atoms with Crippen molar-refractivity contribution in [2.45, 2.75) is 13.2 Å². The molecule has 0 fully saturated rings. The van der Waals surface area contributed by atoms with Gasteiger partial charge in [0, 0.05) is 16.2 Å². The topological polar surface area (TPSA) is 69.3 Å². The second-order valence-corrected chi connectivity index (χ2v) is 9.25. The lowest BCUT2D eigenvalue weighted by molar-refractivity contribution is 0.0992. The van der Waals surface area contributed by atoms with Gasteiger partial charge >= 0.3 is 0 Å². The molecular formula is C22H15Br2Cl2N3O3. The zero-order chi connectivity index (χ0) is 22.7. The van der Waals surface area contributed by atoms with Gasteiger partial charge in [-0.1, -0.05) is 41.4 Å². The van der Waals surface area contributed by atoms with Gasteiger partial charge in [-0.15, -0.1) is 0 Å². The van der Waals surface area contributed by atoms with Gasteiger partial charge in [-0.05, 0) is 73.8 Å². The number of carbonyl (C=O) groups excluding carboxylic acids is 1. The first-order valence-corrected chi connectivity index (χ1v) is 11.7. The maximum atomic E-state index is 12.6. The number of anilines is 1. The second-order valence-electron chi connectivity index (χ2n) is 6.70. The van der Waals surface area contributed by atoms with Crippen LogP contribution in [0.1, 0.15) is 21.9 Å². The molecule has 32 heavy (non-hydrogen) atoms. The summed E-state index contributed by atoms with van der Waals surface area (Å²) in [5, 5.41) is 8.25. The molecular weight excluding hydrogens is 585 g/mol. The van der Waals surface area contributed by atoms with E-state index >= 15 is 0 Å². The number of halogens is 4. The van der Waals surface area contributed by atoms with Crippen LogP contribution in [0.15, 0.2) is 74.2 Å². The standard InChI is InChI=1S/C22H15Br2Cl2N3O3/c23-16-3-1-2-4-19(16)31-12-15-7-8-20(32-15)22(30)27-21-17(24)11-29(28-21)10-13-5-6-14(25)9-18(13)26/h1-9,11H,10,12H2,(H,27,28,30). The molecule has 164 valence electrons. The number of para-hydroxylation sites is 1. The van der Waals surface area contributed by atoms with Crippen LogP contribution in [0.25, 0.3) is 0 Å². The maximum absolute atomic E-state index is 12.6. The highest BCUT2D eigenvalue weighted by molar-refractivity contribution is 9.11. The van der Waals surface area contributed by atoms with Crippen LogP contribution in [0.3, 0.4) is 0 Å². The Morgan fingerprint density at radius 1 is 1.09 bits per heavy atom. The second kappa shape index (κ2) is 10.1. The molecule has 0 aliphatic heterocycles. The van der Waals surface area contributed by atoms with Crippen molar-refractivity contribution in [3.05, 3.63) is 96.9 Å². The first-order valence-electron chi connectivity index (χ1n) is 9.33. The van der Waals surface area contributed by atoms with Crippen LogP contribution < -0.4 is 10.1 Å². The number of hydrogen-bond acceptors (Lipinski definition) is 4. The summed E-state index contributed by atoms with van der Waals surface area (Å²) < 4.78 is 14.5. The van der Waals surface area contributed by atoms with Crippen molar-refractivity contribution in [3.8, 4) is 5.75 Å². The highest BCUT2D eigenvalue weighted by Gasteiger charge is 2.16. The average Bonchev–Trinajstić information content (AvgIpc) is 3.36. The van der Waals surface area contributed by atoms with Gasteiger partial charge in [0.2, 0.25) is 0 Å². The summed E-state index contributed by atoms with van der Waals surface area (Å²) in [6.07, 6.45) is 1.75. The number of amides is 1. The Kier molecular flexibility index (Phi) is 7.25. The van der Waals surface area contributed by atoms with Crippen LogP contribution in [-0.4, -0.2) is 15.7 Å². The Labute approximate surface area is 210 Å². The SMILES string of the molecule is O=C(Nc1nn(Cc2ccc(Cl)cc2Cl)cc1Br)c1ccc(COc2ccccc2Br)o1. The molecule has 2 aromatic heterocycles. The van der Waals surface area contributed by atoms with Crippen LogP contribution in [0.2, 0.25) is 10.0 Å². The molecule has 0 saturated carbocycles. The molecule has 4 aromatic rings. The number of carbonyl (C=O) groups is 1. The van der Waals surface area contributed by atoms with Crippen LogP contribution in [0.5, 0.6) is 5.75 Å². The van der Waals surface area contributed by atoms with Crippen molar-refractivity contribution in [3.63, 3.8) is 0 Å². The molecule has 0 aliphatic rings. The van der Waals surface area contributed by atoms with Crippen molar-refractivity contribution in [1.82, 2.24) is 9.78 Å². The summed E-state index contributed by atoms with van der Waals surface area (Å²) in [6, 6.07) is 16.1. The first-order chi connectivity index (χ1) is 15.4. The molecule has 0 spiro atoms. The summed E-state index contributed by atoms with van der Waals surface area (Å²) in [7, 11) is 0. The fraction of sp³-hybridized carbons (Fsp3) is 0.0909. The average molecular weight is 600 g/mol. The summed E-state index contributed by atoms with van der Waals surface area (Å²) in [5.41, 5.74) is 0.852. The maximum Gasteiger partial charge on any atom is 0.292 e. The van der Waals surface area contributed by atoms with Gasteiger partial charge < -0.3 is 14.5 Å². The van der Waals surface area contributed by atoms with Gasteiger partial charge in [-0.3, -0.25) is 9.48 Å². The van der Waals surface area contributed by atoms with Crippen molar-refractivity contribution in [2.75, 3.05) is 5.32 Å². The third kappa shape index (κ3) is 5.56. The lowest BCUT2D eigenvalue weighted by Gasteiger charge is -2.06. The highest BCUT2D eigenvalue weighted by atomic mass is 79.9. The number of aromatic nitrogens is 2. The third-order valence-electron chi connectivity index (χ3n) is 4.39. The van der Waals surface area contributed by atoms with Gasteiger partial charge in [-0.25, -0.2) is 0 Å². The van der Waals surface area contributed by atoms with E-state index in [4.69, 9.17) is 32.4 Å². The molecule has 4 rings (SSSR count). The number of ether oxygens (including phenoxy) is 1. The summed E-state index contributed by atoms with van der Waals surface area (Å²) in [4.78, 5) is 12.6. The van der Waals surface area contributed by atoms with Gasteiger partial charge in [0.1, 0.15) is 18.1 Å². The van der Waals surface area contributed by atoms with E-state index in [1.165, 1.54) is 0 Å². The number of benzene rings is 2. The molecule has 6 nitrogen and oxygen atoms in total. The molecule has 0 radical (unpaired) electrons. The normalized spacial score (nSPS) is 10.9. The van der Waals surface area contributed by atoms with E-state index in [0.717, 1.165) is 10.0 Å². The molecule has 2 heterocycles. The highest BCUT2D eigenvalue weighted by Crippen LogP contribution is 2.26. The Hall–Kier alpha value is -2.26. The molecule has 0 atom stereocenters. The van der Waals surface area contributed by atoms with E-state index < -0.39 is 5.91 Å². The number of nitrogens with one attached hydrogen (secondary N) is 1. The largest absolute Gasteiger partial charge is 0.484 e. The summed E-state index contributed by atoms with van der Waals surface area (Å²) in [6.45, 7) is 0.609. The Balaban J connectivity index is 1.39. The van der Waals surface area contributed by atoms with E-state index in [0.29, 0.717) is 38.4 Å². The molecule has 10 heteroatoms. The van der Waals surface area contributed by atoms with E-state index in [1.54, 1.807) is 35.1 Å². The molecule has 0 saturated heterocycles. The van der Waals surface area contributed by atoms with Crippen LogP contribution in [0.4, 0.5) is 5.82 Å². The molecule has 1 amide bonds. The molecule has 1 N–H and O–H groups in total. The fourth-order valence-electron chi connectivity index (χ4n) is 2.84. The van der Waals surface area contributed by atoms with Crippen LogP contribution >= 0.6 is 55.1 Å². The Bertz CT molecular complexity index is 1270. The number of furan rings is 1. The number of rotatable bonds is 7. The molecule has 0 unspecified atom stereocenters. The smallest absolute Gasteiger partial charge is 0.292 e. The van der Waals surface area contributed by atoms with E-state index in [1.807, 2.05) is 30.3 Å². The minimum atomic E-state index is -0.424. The van der Waals surface area contributed by atoms with Gasteiger partial charge in [-0.2, -0.15) is 5.10 Å². The number of nitrogens with zero attached hydrogens (tertiary/aromatic N) is 2. The van der Waals surface area contributed by atoms with Crippen LogP contribution in [0, 0.1) is 0 Å².